The van der Waals surface area contributed by atoms with E-state index < -0.39 is 4.92 Å². The lowest BCUT2D eigenvalue weighted by Gasteiger charge is -2.08. The van der Waals surface area contributed by atoms with Gasteiger partial charge in [-0.05, 0) is 36.4 Å². The molecule has 0 saturated carbocycles. The van der Waals surface area contributed by atoms with Crippen molar-refractivity contribution in [2.45, 2.75) is 0 Å². The van der Waals surface area contributed by atoms with E-state index in [1.165, 1.54) is 24.3 Å². The van der Waals surface area contributed by atoms with Crippen molar-refractivity contribution in [3.8, 4) is 29.7 Å². The zero-order chi connectivity index (χ0) is 18.2. The summed E-state index contributed by atoms with van der Waals surface area (Å²) in [7, 11) is 0. The molecule has 0 spiro atoms. The average molecular weight is 331 g/mol. The van der Waals surface area contributed by atoms with Gasteiger partial charge >= 0.3 is 0 Å². The van der Waals surface area contributed by atoms with E-state index in [0.29, 0.717) is 17.2 Å². The van der Waals surface area contributed by atoms with Crippen LogP contribution in [0.15, 0.2) is 59.8 Å². The molecule has 0 fully saturated rings. The molecule has 0 aliphatic carbocycles. The van der Waals surface area contributed by atoms with E-state index in [-0.39, 0.29) is 17.0 Å². The van der Waals surface area contributed by atoms with Crippen molar-refractivity contribution < 1.29 is 9.66 Å². The fraction of sp³-hybridized carbons (Fsp3) is 0. The highest BCUT2D eigenvalue weighted by molar-refractivity contribution is 5.59. The molecule has 25 heavy (non-hydrogen) atoms. The molecule has 0 unspecified atom stereocenters. The van der Waals surface area contributed by atoms with Crippen molar-refractivity contribution >= 4 is 11.4 Å². The monoisotopic (exact) mass is 331 g/mol. The Hall–Kier alpha value is -4.35. The number of nitrogens with zero attached hydrogens (tertiary/aromatic N) is 4. The first-order valence-electron chi connectivity index (χ1n) is 6.81. The molecule has 120 valence electrons. The molecule has 2 rings (SSSR count). The molecule has 2 aromatic rings. The minimum Gasteiger partial charge on any atom is -0.457 e. The number of allylic oxidation sites excluding steroid dienone is 2. The Kier molecular flexibility index (Phi) is 5.29. The first-order valence-corrected chi connectivity index (χ1v) is 6.81. The lowest BCUT2D eigenvalue weighted by Crippen LogP contribution is -2.00. The van der Waals surface area contributed by atoms with Gasteiger partial charge in [-0.15, -0.1) is 0 Å². The summed E-state index contributed by atoms with van der Waals surface area (Å²) in [6, 6.07) is 17.1. The number of nitrogens with one attached hydrogen (secondary N) is 1. The largest absolute Gasteiger partial charge is 0.457 e. The van der Waals surface area contributed by atoms with Crippen LogP contribution in [0.2, 0.25) is 0 Å². The molecule has 2 aromatic carbocycles. The summed E-state index contributed by atoms with van der Waals surface area (Å²) in [6.45, 7) is 0. The Balaban J connectivity index is 2.11. The summed E-state index contributed by atoms with van der Waals surface area (Å²) in [4.78, 5) is 10.1. The number of nitriles is 3. The Bertz CT molecular complexity index is 926. The minimum atomic E-state index is -0.499. The van der Waals surface area contributed by atoms with Crippen LogP contribution >= 0.6 is 0 Å². The summed E-state index contributed by atoms with van der Waals surface area (Å²) in [5.41, 5.74) is 0.00634. The van der Waals surface area contributed by atoms with Gasteiger partial charge in [0.25, 0.3) is 5.69 Å². The van der Waals surface area contributed by atoms with Crippen LogP contribution < -0.4 is 10.1 Å². The van der Waals surface area contributed by atoms with Gasteiger partial charge in [-0.1, -0.05) is 0 Å². The third-order valence-electron chi connectivity index (χ3n) is 2.99. The third kappa shape index (κ3) is 4.32. The average Bonchev–Trinajstić information content (AvgIpc) is 2.63. The zero-order valence-corrected chi connectivity index (χ0v) is 12.6. The van der Waals surface area contributed by atoms with E-state index >= 15 is 0 Å². The second-order valence-electron chi connectivity index (χ2n) is 4.59. The summed E-state index contributed by atoms with van der Waals surface area (Å²) in [5, 5.41) is 39.8. The lowest BCUT2D eigenvalue weighted by molar-refractivity contribution is -0.384. The SMILES string of the molecule is N#CC(C#N)=C(C#N)Nc1ccc(Oc2ccc([N+](=O)[O-])cc2)cc1. The molecular weight excluding hydrogens is 322 g/mol. The Labute approximate surface area is 142 Å². The normalized spacial score (nSPS) is 9.00. The number of hydrogen-bond acceptors (Lipinski definition) is 7. The molecule has 0 aliphatic heterocycles. The van der Waals surface area contributed by atoms with E-state index in [0.717, 1.165) is 0 Å². The lowest BCUT2D eigenvalue weighted by atomic mass is 10.2. The van der Waals surface area contributed by atoms with Gasteiger partial charge in [0.05, 0.1) is 4.92 Å². The Morgan fingerprint density at radius 3 is 1.88 bits per heavy atom. The van der Waals surface area contributed by atoms with E-state index in [1.807, 2.05) is 0 Å². The van der Waals surface area contributed by atoms with Crippen LogP contribution in [-0.4, -0.2) is 4.92 Å². The van der Waals surface area contributed by atoms with Crippen LogP contribution in [0.4, 0.5) is 11.4 Å². The first-order chi connectivity index (χ1) is 12.1. The first kappa shape index (κ1) is 17.0. The summed E-state index contributed by atoms with van der Waals surface area (Å²) >= 11 is 0. The van der Waals surface area contributed by atoms with Gasteiger partial charge in [0.1, 0.15) is 35.4 Å². The second kappa shape index (κ2) is 7.77. The molecule has 0 aliphatic rings. The highest BCUT2D eigenvalue weighted by atomic mass is 16.6. The van der Waals surface area contributed by atoms with E-state index in [9.17, 15) is 10.1 Å². The molecule has 0 saturated heterocycles. The smallest absolute Gasteiger partial charge is 0.269 e. The molecule has 0 aromatic heterocycles. The molecule has 8 nitrogen and oxygen atoms in total. The number of ether oxygens (including phenoxy) is 1. The number of non-ortho nitro benzene ring substituents is 1. The van der Waals surface area contributed by atoms with Crippen molar-refractivity contribution in [2.75, 3.05) is 5.32 Å². The summed E-state index contributed by atoms with van der Waals surface area (Å²) in [5.74, 6) is 0.905. The predicted molar refractivity (Wildman–Crippen MR) is 87.1 cm³/mol. The van der Waals surface area contributed by atoms with Crippen molar-refractivity contribution in [1.29, 1.82) is 15.8 Å². The molecule has 1 N–H and O–H groups in total. The minimum absolute atomic E-state index is 0.0338. The molecular formula is C17H9N5O3. The number of anilines is 1. The van der Waals surface area contributed by atoms with Gasteiger partial charge < -0.3 is 10.1 Å². The maximum Gasteiger partial charge on any atom is 0.269 e. The molecule has 0 atom stereocenters. The summed E-state index contributed by atoms with van der Waals surface area (Å²) < 4.78 is 5.56. The molecule has 0 radical (unpaired) electrons. The second-order valence-corrected chi connectivity index (χ2v) is 4.59. The van der Waals surface area contributed by atoms with Crippen molar-refractivity contribution in [3.05, 3.63) is 69.9 Å². The Morgan fingerprint density at radius 2 is 1.44 bits per heavy atom. The maximum absolute atomic E-state index is 10.6. The van der Waals surface area contributed by atoms with E-state index in [1.54, 1.807) is 42.5 Å². The quantitative estimate of drug-likeness (QED) is 0.502. The van der Waals surface area contributed by atoms with Crippen molar-refractivity contribution in [1.82, 2.24) is 0 Å². The van der Waals surface area contributed by atoms with Crippen LogP contribution in [-0.2, 0) is 0 Å². The van der Waals surface area contributed by atoms with Crippen LogP contribution in [0.3, 0.4) is 0 Å². The van der Waals surface area contributed by atoms with Gasteiger partial charge in [0.15, 0.2) is 5.57 Å². The molecule has 0 heterocycles. The number of nitro groups is 1. The van der Waals surface area contributed by atoms with E-state index in [2.05, 4.69) is 5.32 Å². The van der Waals surface area contributed by atoms with Gasteiger partial charge in [-0.25, -0.2) is 0 Å². The Morgan fingerprint density at radius 1 is 0.920 bits per heavy atom. The van der Waals surface area contributed by atoms with Gasteiger partial charge in [0.2, 0.25) is 0 Å². The molecule has 8 heteroatoms. The number of benzene rings is 2. The number of rotatable bonds is 5. The fourth-order valence-electron chi connectivity index (χ4n) is 1.81. The highest BCUT2D eigenvalue weighted by Crippen LogP contribution is 2.25. The van der Waals surface area contributed by atoms with Gasteiger partial charge in [-0.3, -0.25) is 10.1 Å². The summed E-state index contributed by atoms with van der Waals surface area (Å²) in [6.07, 6.45) is 0. The molecule has 0 amide bonds. The van der Waals surface area contributed by atoms with Crippen LogP contribution in [0.1, 0.15) is 0 Å². The molecule has 0 bridgehead atoms. The third-order valence-corrected chi connectivity index (χ3v) is 2.99. The number of nitro benzene ring substituents is 1. The van der Waals surface area contributed by atoms with Crippen molar-refractivity contribution in [3.63, 3.8) is 0 Å². The van der Waals surface area contributed by atoms with Gasteiger partial charge in [0, 0.05) is 17.8 Å². The van der Waals surface area contributed by atoms with Crippen LogP contribution in [0.5, 0.6) is 11.5 Å². The fourth-order valence-corrected chi connectivity index (χ4v) is 1.81. The predicted octanol–water partition coefficient (Wildman–Crippen LogP) is 3.62. The van der Waals surface area contributed by atoms with Crippen molar-refractivity contribution in [2.24, 2.45) is 0 Å². The van der Waals surface area contributed by atoms with Crippen LogP contribution in [0, 0.1) is 44.1 Å². The van der Waals surface area contributed by atoms with Gasteiger partial charge in [-0.2, -0.15) is 15.8 Å². The maximum atomic E-state index is 10.6. The number of hydrogen-bond donors (Lipinski definition) is 1. The highest BCUT2D eigenvalue weighted by Gasteiger charge is 2.07. The van der Waals surface area contributed by atoms with Crippen LogP contribution in [0.25, 0.3) is 0 Å². The standard InChI is InChI=1S/C17H9N5O3/c18-9-12(10-19)17(11-20)21-13-1-5-15(6-2-13)25-16-7-3-14(4-8-16)22(23)24/h1-8,21H. The van der Waals surface area contributed by atoms with E-state index in [4.69, 9.17) is 20.5 Å². The topological polar surface area (TPSA) is 136 Å². The zero-order valence-electron chi connectivity index (χ0n) is 12.6.